The molecular formula is C17H29ClN4O. The Kier molecular flexibility index (Phi) is 8.34. The van der Waals surface area contributed by atoms with Crippen molar-refractivity contribution in [2.45, 2.75) is 41.2 Å². The lowest BCUT2D eigenvalue weighted by Gasteiger charge is -2.17. The van der Waals surface area contributed by atoms with Crippen molar-refractivity contribution >= 4 is 23.6 Å². The maximum absolute atomic E-state index is 11.9. The number of hydrogen-bond donors (Lipinski definition) is 1. The number of carbonyl (C=O) groups is 1. The third-order valence-corrected chi connectivity index (χ3v) is 4.07. The second kappa shape index (κ2) is 9.73. The molecule has 0 saturated carbocycles. The molecular weight excluding hydrogens is 312 g/mol. The van der Waals surface area contributed by atoms with Crippen LogP contribution in [0, 0.1) is 12.8 Å². The van der Waals surface area contributed by atoms with E-state index in [9.17, 15) is 4.79 Å². The van der Waals surface area contributed by atoms with Crippen molar-refractivity contribution in [3.8, 4) is 0 Å². The minimum absolute atomic E-state index is 0.107. The summed E-state index contributed by atoms with van der Waals surface area (Å²) < 4.78 is 1.79. The van der Waals surface area contributed by atoms with E-state index in [1.54, 1.807) is 10.8 Å². The lowest BCUT2D eigenvalue weighted by atomic mass is 10.2. The number of aromatic nitrogens is 2. The van der Waals surface area contributed by atoms with Crippen molar-refractivity contribution in [2.75, 3.05) is 26.2 Å². The van der Waals surface area contributed by atoms with E-state index in [1.165, 1.54) is 6.08 Å². The summed E-state index contributed by atoms with van der Waals surface area (Å²) in [7, 11) is 0. The van der Waals surface area contributed by atoms with Gasteiger partial charge >= 0.3 is 0 Å². The Balaban J connectivity index is 2.60. The van der Waals surface area contributed by atoms with E-state index in [0.717, 1.165) is 37.4 Å². The Hall–Kier alpha value is -1.33. The van der Waals surface area contributed by atoms with Crippen LogP contribution in [0.5, 0.6) is 0 Å². The zero-order valence-corrected chi connectivity index (χ0v) is 15.7. The zero-order valence-electron chi connectivity index (χ0n) is 14.9. The minimum atomic E-state index is -0.107. The van der Waals surface area contributed by atoms with E-state index in [2.05, 4.69) is 43.0 Å². The van der Waals surface area contributed by atoms with Crippen molar-refractivity contribution in [3.63, 3.8) is 0 Å². The molecule has 5 nitrogen and oxygen atoms in total. The van der Waals surface area contributed by atoms with Gasteiger partial charge in [-0.05, 0) is 32.0 Å². The quantitative estimate of drug-likeness (QED) is 0.703. The molecule has 130 valence electrons. The van der Waals surface area contributed by atoms with E-state index in [0.29, 0.717) is 17.6 Å². The molecule has 1 N–H and O–H groups in total. The molecule has 0 aliphatic rings. The molecule has 0 saturated heterocycles. The highest BCUT2D eigenvalue weighted by atomic mass is 35.5. The first kappa shape index (κ1) is 19.7. The van der Waals surface area contributed by atoms with Crippen LogP contribution in [-0.4, -0.2) is 46.8 Å². The minimum Gasteiger partial charge on any atom is -0.351 e. The molecule has 0 bridgehead atoms. The first-order chi connectivity index (χ1) is 10.9. The third kappa shape index (κ3) is 6.36. The van der Waals surface area contributed by atoms with Crippen LogP contribution >= 0.6 is 11.6 Å². The fraction of sp³-hybridized carbons (Fsp3) is 0.647. The second-order valence-corrected chi connectivity index (χ2v) is 6.38. The van der Waals surface area contributed by atoms with Gasteiger partial charge in [-0.25, -0.2) is 0 Å². The highest BCUT2D eigenvalue weighted by Crippen LogP contribution is 2.22. The van der Waals surface area contributed by atoms with Gasteiger partial charge in [-0.15, -0.1) is 0 Å². The van der Waals surface area contributed by atoms with Crippen LogP contribution < -0.4 is 5.32 Å². The molecule has 0 aliphatic carbocycles. The van der Waals surface area contributed by atoms with Crippen molar-refractivity contribution in [1.82, 2.24) is 20.0 Å². The SMILES string of the molecule is CCN(CC)CCNC(=O)/C=C/c1c(C)nn(CC(C)C)c1Cl. The summed E-state index contributed by atoms with van der Waals surface area (Å²) in [5.41, 5.74) is 1.65. The molecule has 6 heteroatoms. The van der Waals surface area contributed by atoms with Gasteiger partial charge < -0.3 is 10.2 Å². The molecule has 0 aliphatic heterocycles. The number of hydrogen-bond acceptors (Lipinski definition) is 3. The third-order valence-electron chi connectivity index (χ3n) is 3.67. The number of aryl methyl sites for hydroxylation is 1. The van der Waals surface area contributed by atoms with Gasteiger partial charge in [0.1, 0.15) is 5.15 Å². The van der Waals surface area contributed by atoms with Gasteiger partial charge in [-0.3, -0.25) is 9.48 Å². The van der Waals surface area contributed by atoms with Crippen molar-refractivity contribution in [2.24, 2.45) is 5.92 Å². The number of nitrogens with zero attached hydrogens (tertiary/aromatic N) is 3. The van der Waals surface area contributed by atoms with Crippen LogP contribution in [0.2, 0.25) is 5.15 Å². The summed E-state index contributed by atoms with van der Waals surface area (Å²) in [5, 5.41) is 7.91. The van der Waals surface area contributed by atoms with Gasteiger partial charge in [-0.2, -0.15) is 5.10 Å². The molecule has 1 amide bonds. The van der Waals surface area contributed by atoms with Gasteiger partial charge in [0.15, 0.2) is 0 Å². The fourth-order valence-corrected chi connectivity index (χ4v) is 2.62. The molecule has 1 heterocycles. The van der Waals surface area contributed by atoms with Crippen LogP contribution in [0.1, 0.15) is 39.0 Å². The molecule has 0 unspecified atom stereocenters. The Morgan fingerprint density at radius 3 is 2.61 bits per heavy atom. The molecule has 1 rings (SSSR count). The lowest BCUT2D eigenvalue weighted by molar-refractivity contribution is -0.116. The van der Waals surface area contributed by atoms with Crippen LogP contribution in [0.3, 0.4) is 0 Å². The Bertz CT molecular complexity index is 533. The Morgan fingerprint density at radius 1 is 1.39 bits per heavy atom. The van der Waals surface area contributed by atoms with Crippen molar-refractivity contribution in [1.29, 1.82) is 0 Å². The largest absolute Gasteiger partial charge is 0.351 e. The van der Waals surface area contributed by atoms with Crippen LogP contribution in [0.15, 0.2) is 6.08 Å². The summed E-state index contributed by atoms with van der Waals surface area (Å²) in [5.74, 6) is 0.358. The van der Waals surface area contributed by atoms with Crippen molar-refractivity contribution in [3.05, 3.63) is 22.5 Å². The smallest absolute Gasteiger partial charge is 0.244 e. The number of carbonyl (C=O) groups excluding carboxylic acids is 1. The van der Waals surface area contributed by atoms with Gasteiger partial charge in [-0.1, -0.05) is 39.3 Å². The average Bonchev–Trinajstić information content (AvgIpc) is 2.75. The normalized spacial score (nSPS) is 11.8. The van der Waals surface area contributed by atoms with Crippen LogP contribution in [0.4, 0.5) is 0 Å². The Labute approximate surface area is 144 Å². The topological polar surface area (TPSA) is 50.2 Å². The van der Waals surface area contributed by atoms with E-state index >= 15 is 0 Å². The van der Waals surface area contributed by atoms with E-state index in [4.69, 9.17) is 11.6 Å². The molecule has 1 aromatic rings. The van der Waals surface area contributed by atoms with Crippen LogP contribution in [0.25, 0.3) is 6.08 Å². The fourth-order valence-electron chi connectivity index (χ4n) is 2.32. The maximum atomic E-state index is 11.9. The van der Waals surface area contributed by atoms with E-state index < -0.39 is 0 Å². The molecule has 23 heavy (non-hydrogen) atoms. The van der Waals surface area contributed by atoms with Gasteiger partial charge in [0.2, 0.25) is 5.91 Å². The summed E-state index contributed by atoms with van der Waals surface area (Å²) in [6, 6.07) is 0. The van der Waals surface area contributed by atoms with Gasteiger partial charge in [0.25, 0.3) is 0 Å². The molecule has 0 atom stereocenters. The first-order valence-electron chi connectivity index (χ1n) is 8.30. The molecule has 1 aromatic heterocycles. The molecule has 0 aromatic carbocycles. The molecule has 0 radical (unpaired) electrons. The predicted molar refractivity (Wildman–Crippen MR) is 96.6 cm³/mol. The highest BCUT2D eigenvalue weighted by molar-refractivity contribution is 6.31. The summed E-state index contributed by atoms with van der Waals surface area (Å²) in [6.45, 7) is 14.6. The monoisotopic (exact) mass is 340 g/mol. The average molecular weight is 341 g/mol. The highest BCUT2D eigenvalue weighted by Gasteiger charge is 2.12. The summed E-state index contributed by atoms with van der Waals surface area (Å²) in [4.78, 5) is 14.2. The number of halogens is 1. The maximum Gasteiger partial charge on any atom is 0.244 e. The summed E-state index contributed by atoms with van der Waals surface area (Å²) in [6.07, 6.45) is 3.27. The molecule has 0 spiro atoms. The van der Waals surface area contributed by atoms with Crippen LogP contribution in [-0.2, 0) is 11.3 Å². The molecule has 0 fully saturated rings. The number of amides is 1. The summed E-state index contributed by atoms with van der Waals surface area (Å²) >= 11 is 6.35. The predicted octanol–water partition coefficient (Wildman–Crippen LogP) is 2.97. The van der Waals surface area contributed by atoms with E-state index in [1.807, 2.05) is 6.92 Å². The number of nitrogens with one attached hydrogen (secondary N) is 1. The number of rotatable bonds is 9. The number of likely N-dealkylation sites (N-methyl/N-ethyl adjacent to an activating group) is 1. The van der Waals surface area contributed by atoms with Gasteiger partial charge in [0.05, 0.1) is 5.69 Å². The Morgan fingerprint density at radius 2 is 2.04 bits per heavy atom. The lowest BCUT2D eigenvalue weighted by Crippen LogP contribution is -2.34. The zero-order chi connectivity index (χ0) is 17.4. The first-order valence-corrected chi connectivity index (χ1v) is 8.67. The second-order valence-electron chi connectivity index (χ2n) is 6.02. The van der Waals surface area contributed by atoms with E-state index in [-0.39, 0.29) is 5.91 Å². The van der Waals surface area contributed by atoms with Crippen molar-refractivity contribution < 1.29 is 4.79 Å². The standard InChI is InChI=1S/C17H29ClN4O/c1-6-21(7-2)11-10-19-16(23)9-8-15-14(5)20-22(17(15)18)12-13(3)4/h8-9,13H,6-7,10-12H2,1-5H3,(H,19,23)/b9-8+. The van der Waals surface area contributed by atoms with Gasteiger partial charge in [0, 0.05) is 31.3 Å².